The van der Waals surface area contributed by atoms with E-state index in [0.717, 1.165) is 0 Å². The molecule has 0 radical (unpaired) electrons. The summed E-state index contributed by atoms with van der Waals surface area (Å²) in [4.78, 5) is 11.9. The summed E-state index contributed by atoms with van der Waals surface area (Å²) < 4.78 is 18.1. The minimum absolute atomic E-state index is 0.0360. The third kappa shape index (κ3) is 6.58. The molecule has 0 heterocycles. The minimum atomic E-state index is -0.322. The van der Waals surface area contributed by atoms with Crippen LogP contribution < -0.4 is 10.1 Å². The number of benzene rings is 1. The molecule has 1 rings (SSSR count). The van der Waals surface area contributed by atoms with Crippen LogP contribution in [0.5, 0.6) is 5.75 Å². The molecular formula is C16H24FNO3. The first-order valence-corrected chi connectivity index (χ1v) is 7.11. The van der Waals surface area contributed by atoms with Crippen molar-refractivity contribution in [1.82, 2.24) is 5.32 Å². The summed E-state index contributed by atoms with van der Waals surface area (Å²) in [5.74, 6) is 0.0922. The van der Waals surface area contributed by atoms with Gasteiger partial charge in [-0.25, -0.2) is 4.39 Å². The van der Waals surface area contributed by atoms with E-state index in [0.29, 0.717) is 12.2 Å². The zero-order chi connectivity index (χ0) is 15.9. The quantitative estimate of drug-likeness (QED) is 0.813. The second-order valence-electron chi connectivity index (χ2n) is 6.05. The molecule has 0 saturated heterocycles. The van der Waals surface area contributed by atoms with Crippen LogP contribution in [0.4, 0.5) is 4.39 Å². The first-order valence-electron chi connectivity index (χ1n) is 7.11. The number of aliphatic hydroxyl groups is 1. The molecule has 0 aliphatic heterocycles. The van der Waals surface area contributed by atoms with E-state index in [9.17, 15) is 9.18 Å². The Morgan fingerprint density at radius 3 is 2.48 bits per heavy atom. The lowest BCUT2D eigenvalue weighted by Gasteiger charge is -2.31. The summed E-state index contributed by atoms with van der Waals surface area (Å²) in [5.41, 5.74) is -0.115. The number of aliphatic hydroxyl groups excluding tert-OH is 1. The van der Waals surface area contributed by atoms with Crippen LogP contribution in [0.25, 0.3) is 0 Å². The Balaban J connectivity index is 2.37. The number of halogens is 1. The number of hydrogen-bond acceptors (Lipinski definition) is 3. The third-order valence-corrected chi connectivity index (χ3v) is 3.21. The zero-order valence-electron chi connectivity index (χ0n) is 12.9. The van der Waals surface area contributed by atoms with E-state index in [1.807, 2.05) is 20.8 Å². The summed E-state index contributed by atoms with van der Waals surface area (Å²) in [6, 6.07) is 5.59. The third-order valence-electron chi connectivity index (χ3n) is 3.21. The van der Waals surface area contributed by atoms with Crippen molar-refractivity contribution in [3.05, 3.63) is 30.1 Å². The molecule has 0 bridgehead atoms. The van der Waals surface area contributed by atoms with Crippen LogP contribution in [-0.4, -0.2) is 30.3 Å². The lowest BCUT2D eigenvalue weighted by molar-refractivity contribution is -0.123. The van der Waals surface area contributed by atoms with E-state index in [1.54, 1.807) is 0 Å². The van der Waals surface area contributed by atoms with Crippen molar-refractivity contribution in [3.63, 3.8) is 0 Å². The molecule has 0 aliphatic carbocycles. The lowest BCUT2D eigenvalue weighted by Crippen LogP contribution is -2.44. The smallest absolute Gasteiger partial charge is 0.223 e. The molecular weight excluding hydrogens is 273 g/mol. The van der Waals surface area contributed by atoms with Gasteiger partial charge in [-0.05, 0) is 36.1 Å². The highest BCUT2D eigenvalue weighted by Crippen LogP contribution is 2.21. The van der Waals surface area contributed by atoms with E-state index >= 15 is 0 Å². The van der Waals surface area contributed by atoms with E-state index in [2.05, 4.69) is 5.32 Å². The molecule has 118 valence electrons. The number of rotatable bonds is 7. The molecule has 0 saturated carbocycles. The van der Waals surface area contributed by atoms with Gasteiger partial charge in [0.25, 0.3) is 0 Å². The summed E-state index contributed by atoms with van der Waals surface area (Å²) >= 11 is 0. The van der Waals surface area contributed by atoms with Crippen LogP contribution in [-0.2, 0) is 4.79 Å². The first kappa shape index (κ1) is 17.4. The highest BCUT2D eigenvalue weighted by molar-refractivity contribution is 5.76. The Labute approximate surface area is 125 Å². The van der Waals surface area contributed by atoms with Crippen molar-refractivity contribution in [3.8, 4) is 5.75 Å². The van der Waals surface area contributed by atoms with Crippen LogP contribution >= 0.6 is 0 Å². The van der Waals surface area contributed by atoms with Crippen LogP contribution in [0, 0.1) is 11.2 Å². The fourth-order valence-electron chi connectivity index (χ4n) is 1.91. The average molecular weight is 297 g/mol. The van der Waals surface area contributed by atoms with Gasteiger partial charge in [0.05, 0.1) is 13.0 Å². The topological polar surface area (TPSA) is 58.6 Å². The van der Waals surface area contributed by atoms with E-state index < -0.39 is 0 Å². The summed E-state index contributed by atoms with van der Waals surface area (Å²) in [7, 11) is 0. The van der Waals surface area contributed by atoms with Gasteiger partial charge < -0.3 is 15.2 Å². The Hall–Kier alpha value is -1.62. The Kier molecular flexibility index (Phi) is 6.62. The molecule has 0 fully saturated rings. The normalized spacial score (nSPS) is 12.8. The molecule has 2 N–H and O–H groups in total. The predicted molar refractivity (Wildman–Crippen MR) is 79.6 cm³/mol. The molecule has 1 amide bonds. The minimum Gasteiger partial charge on any atom is -0.493 e. The van der Waals surface area contributed by atoms with E-state index in [1.165, 1.54) is 24.3 Å². The van der Waals surface area contributed by atoms with Crippen LogP contribution in [0.3, 0.4) is 0 Å². The fraction of sp³-hybridized carbons (Fsp3) is 0.562. The second kappa shape index (κ2) is 7.98. The predicted octanol–water partition coefficient (Wildman–Crippen LogP) is 2.51. The molecule has 4 nitrogen and oxygen atoms in total. The number of ether oxygens (including phenoxy) is 1. The highest BCUT2D eigenvalue weighted by atomic mass is 19.1. The standard InChI is InChI=1S/C16H24FNO3/c1-16(2,3)14(8-10-19)18-15(20)9-11-21-13-6-4-12(17)5-7-13/h4-7,14,19H,8-11H2,1-3H3,(H,18,20). The molecule has 1 atom stereocenters. The lowest BCUT2D eigenvalue weighted by atomic mass is 9.85. The van der Waals surface area contributed by atoms with Gasteiger partial charge in [-0.2, -0.15) is 0 Å². The summed E-state index contributed by atoms with van der Waals surface area (Å²) in [6.45, 7) is 6.32. The maximum atomic E-state index is 12.7. The molecule has 0 aromatic heterocycles. The number of carbonyl (C=O) groups is 1. The molecule has 21 heavy (non-hydrogen) atoms. The van der Waals surface area contributed by atoms with Gasteiger partial charge in [0, 0.05) is 12.6 Å². The largest absolute Gasteiger partial charge is 0.493 e. The Morgan fingerprint density at radius 1 is 1.33 bits per heavy atom. The Morgan fingerprint density at radius 2 is 1.95 bits per heavy atom. The average Bonchev–Trinajstić information content (AvgIpc) is 2.39. The van der Waals surface area contributed by atoms with Gasteiger partial charge in [-0.15, -0.1) is 0 Å². The van der Waals surface area contributed by atoms with Gasteiger partial charge in [0.1, 0.15) is 11.6 Å². The summed E-state index contributed by atoms with van der Waals surface area (Å²) in [6.07, 6.45) is 0.740. The van der Waals surface area contributed by atoms with Crippen molar-refractivity contribution in [2.75, 3.05) is 13.2 Å². The Bertz CT molecular complexity index is 440. The fourth-order valence-corrected chi connectivity index (χ4v) is 1.91. The molecule has 0 spiro atoms. The number of nitrogens with one attached hydrogen (secondary N) is 1. The van der Waals surface area contributed by atoms with Gasteiger partial charge in [0.15, 0.2) is 0 Å². The number of carbonyl (C=O) groups excluding carboxylic acids is 1. The van der Waals surface area contributed by atoms with Crippen molar-refractivity contribution in [2.24, 2.45) is 5.41 Å². The molecule has 5 heteroatoms. The maximum Gasteiger partial charge on any atom is 0.223 e. The molecule has 1 unspecified atom stereocenters. The van der Waals surface area contributed by atoms with Gasteiger partial charge in [-0.3, -0.25) is 4.79 Å². The monoisotopic (exact) mass is 297 g/mol. The molecule has 1 aromatic carbocycles. The van der Waals surface area contributed by atoms with E-state index in [4.69, 9.17) is 9.84 Å². The van der Waals surface area contributed by atoms with Crippen LogP contribution in [0.1, 0.15) is 33.6 Å². The van der Waals surface area contributed by atoms with Crippen molar-refractivity contribution in [1.29, 1.82) is 0 Å². The number of hydrogen-bond donors (Lipinski definition) is 2. The van der Waals surface area contributed by atoms with Crippen LogP contribution in [0.15, 0.2) is 24.3 Å². The van der Waals surface area contributed by atoms with Crippen molar-refractivity contribution < 1.29 is 19.0 Å². The number of amides is 1. The molecule has 0 aliphatic rings. The van der Waals surface area contributed by atoms with Gasteiger partial charge in [-0.1, -0.05) is 20.8 Å². The van der Waals surface area contributed by atoms with Crippen molar-refractivity contribution in [2.45, 2.75) is 39.7 Å². The van der Waals surface area contributed by atoms with Gasteiger partial charge >= 0.3 is 0 Å². The van der Waals surface area contributed by atoms with Gasteiger partial charge in [0.2, 0.25) is 5.91 Å². The SMILES string of the molecule is CC(C)(C)C(CCO)NC(=O)CCOc1ccc(F)cc1. The maximum absolute atomic E-state index is 12.7. The molecule has 1 aromatic rings. The van der Waals surface area contributed by atoms with E-state index in [-0.39, 0.29) is 42.8 Å². The highest BCUT2D eigenvalue weighted by Gasteiger charge is 2.25. The van der Waals surface area contributed by atoms with Crippen molar-refractivity contribution >= 4 is 5.91 Å². The first-order chi connectivity index (χ1) is 9.82. The zero-order valence-corrected chi connectivity index (χ0v) is 12.9. The second-order valence-corrected chi connectivity index (χ2v) is 6.05. The van der Waals surface area contributed by atoms with Crippen LogP contribution in [0.2, 0.25) is 0 Å². The summed E-state index contributed by atoms with van der Waals surface area (Å²) in [5, 5.41) is 12.0.